The third kappa shape index (κ3) is 7.86. The molecule has 0 aromatic heterocycles. The van der Waals surface area contributed by atoms with Crippen molar-refractivity contribution < 1.29 is 18.0 Å². The predicted molar refractivity (Wildman–Crippen MR) is 161 cm³/mol. The van der Waals surface area contributed by atoms with Crippen molar-refractivity contribution in [2.24, 2.45) is 0 Å². The van der Waals surface area contributed by atoms with E-state index in [4.69, 9.17) is 11.6 Å². The summed E-state index contributed by atoms with van der Waals surface area (Å²) in [4.78, 5) is 28.9. The number of hydrogen-bond acceptors (Lipinski definition) is 4. The van der Waals surface area contributed by atoms with E-state index in [0.29, 0.717) is 18.0 Å². The number of amides is 2. The highest BCUT2D eigenvalue weighted by Crippen LogP contribution is 2.28. The fraction of sp³-hybridized carbons (Fsp3) is 0.355. The lowest BCUT2D eigenvalue weighted by molar-refractivity contribution is -0.140. The van der Waals surface area contributed by atoms with Crippen LogP contribution in [0.1, 0.15) is 49.8 Å². The number of carbonyl (C=O) groups excluding carboxylic acids is 2. The number of sulfonamides is 1. The first-order valence-electron chi connectivity index (χ1n) is 13.5. The molecule has 0 saturated heterocycles. The van der Waals surface area contributed by atoms with E-state index in [-0.39, 0.29) is 23.0 Å². The fourth-order valence-corrected chi connectivity index (χ4v) is 6.02. The molecule has 0 heterocycles. The molecule has 0 fully saturated rings. The second-order valence-electron chi connectivity index (χ2n) is 9.84. The highest BCUT2D eigenvalue weighted by Gasteiger charge is 2.33. The van der Waals surface area contributed by atoms with E-state index < -0.39 is 28.5 Å². The van der Waals surface area contributed by atoms with Crippen molar-refractivity contribution in [3.63, 3.8) is 0 Å². The average molecular weight is 584 g/mol. The first-order valence-corrected chi connectivity index (χ1v) is 15.4. The van der Waals surface area contributed by atoms with E-state index in [0.717, 1.165) is 33.8 Å². The zero-order valence-corrected chi connectivity index (χ0v) is 25.1. The molecule has 0 spiro atoms. The number of nitrogens with zero attached hydrogens (tertiary/aromatic N) is 2. The largest absolute Gasteiger partial charge is 0.354 e. The third-order valence-electron chi connectivity index (χ3n) is 6.70. The molecule has 7 nitrogen and oxygen atoms in total. The van der Waals surface area contributed by atoms with E-state index in [1.807, 2.05) is 52.0 Å². The summed E-state index contributed by atoms with van der Waals surface area (Å²) in [7, 11) is -4.14. The molecule has 0 aliphatic carbocycles. The summed E-state index contributed by atoms with van der Waals surface area (Å²) in [6, 6.07) is 19.8. The molecule has 3 rings (SSSR count). The molecule has 9 heteroatoms. The van der Waals surface area contributed by atoms with Crippen molar-refractivity contribution in [3.05, 3.63) is 94.5 Å². The lowest BCUT2D eigenvalue weighted by Crippen LogP contribution is -2.52. The average Bonchev–Trinajstić information content (AvgIpc) is 2.93. The van der Waals surface area contributed by atoms with Gasteiger partial charge in [0, 0.05) is 18.1 Å². The molecule has 1 N–H and O–H groups in total. The zero-order chi connectivity index (χ0) is 29.3. The van der Waals surface area contributed by atoms with Crippen molar-refractivity contribution in [2.45, 2.75) is 64.4 Å². The van der Waals surface area contributed by atoms with Crippen LogP contribution in [0.4, 0.5) is 5.69 Å². The molecule has 2 amide bonds. The number of nitrogens with one attached hydrogen (secondary N) is 1. The van der Waals surface area contributed by atoms with Crippen molar-refractivity contribution in [2.75, 3.05) is 17.4 Å². The third-order valence-corrected chi connectivity index (χ3v) is 8.90. The summed E-state index contributed by atoms with van der Waals surface area (Å²) in [6.45, 7) is 7.83. The second kappa shape index (κ2) is 14.3. The first kappa shape index (κ1) is 31.2. The van der Waals surface area contributed by atoms with Gasteiger partial charge in [-0.25, -0.2) is 8.42 Å². The van der Waals surface area contributed by atoms with Crippen LogP contribution in [0.2, 0.25) is 5.02 Å². The van der Waals surface area contributed by atoms with Crippen molar-refractivity contribution in [1.29, 1.82) is 0 Å². The Hall–Kier alpha value is -3.36. The van der Waals surface area contributed by atoms with E-state index in [1.165, 1.54) is 17.0 Å². The highest BCUT2D eigenvalue weighted by atomic mass is 35.5. The van der Waals surface area contributed by atoms with E-state index in [1.54, 1.807) is 36.4 Å². The Balaban J connectivity index is 2.05. The van der Waals surface area contributed by atoms with Crippen LogP contribution in [0.3, 0.4) is 0 Å². The molecule has 0 bridgehead atoms. The zero-order valence-electron chi connectivity index (χ0n) is 23.6. The molecule has 0 aliphatic heterocycles. The van der Waals surface area contributed by atoms with Crippen LogP contribution in [0.25, 0.3) is 0 Å². The maximum absolute atomic E-state index is 14.1. The molecule has 1 atom stereocenters. The van der Waals surface area contributed by atoms with Gasteiger partial charge >= 0.3 is 0 Å². The minimum atomic E-state index is -4.14. The van der Waals surface area contributed by atoms with Crippen LogP contribution >= 0.6 is 11.6 Å². The standard InChI is InChI=1S/C31H38ClN3O4S/c1-5-7-18-33-31(37)29(6-2)34(21-25-13-11-12-23(3)19-25)30(36)22-35(26-17-16-24(4)28(32)20-26)40(38,39)27-14-9-8-10-15-27/h8-17,19-20,29H,5-7,18,21-22H2,1-4H3,(H,33,37)/t29-/m0/s1. The Kier molecular flexibility index (Phi) is 11.2. The van der Waals surface area contributed by atoms with Crippen LogP contribution in [0.5, 0.6) is 0 Å². The topological polar surface area (TPSA) is 86.8 Å². The maximum atomic E-state index is 14.1. The molecular weight excluding hydrogens is 546 g/mol. The van der Waals surface area contributed by atoms with Crippen LogP contribution in [0.15, 0.2) is 77.7 Å². The lowest BCUT2D eigenvalue weighted by atomic mass is 10.1. The number of carbonyl (C=O) groups is 2. The van der Waals surface area contributed by atoms with Gasteiger partial charge in [0.1, 0.15) is 12.6 Å². The summed E-state index contributed by atoms with van der Waals surface area (Å²) in [5.41, 5.74) is 2.92. The number of anilines is 1. The smallest absolute Gasteiger partial charge is 0.264 e. The molecule has 0 unspecified atom stereocenters. The minimum absolute atomic E-state index is 0.0501. The Morgan fingerprint density at radius 1 is 0.950 bits per heavy atom. The fourth-order valence-electron chi connectivity index (χ4n) is 4.42. The van der Waals surface area contributed by atoms with Gasteiger partial charge in [-0.1, -0.05) is 86.0 Å². The molecule has 0 aliphatic rings. The molecule has 214 valence electrons. The summed E-state index contributed by atoms with van der Waals surface area (Å²) < 4.78 is 28.8. The summed E-state index contributed by atoms with van der Waals surface area (Å²) in [5, 5.41) is 3.33. The Morgan fingerprint density at radius 2 is 1.68 bits per heavy atom. The van der Waals surface area contributed by atoms with Crippen LogP contribution in [-0.2, 0) is 26.2 Å². The van der Waals surface area contributed by atoms with Crippen molar-refractivity contribution in [1.82, 2.24) is 10.2 Å². The van der Waals surface area contributed by atoms with Gasteiger partial charge in [-0.05, 0) is 62.1 Å². The van der Waals surface area contributed by atoms with Gasteiger partial charge in [0.2, 0.25) is 11.8 Å². The maximum Gasteiger partial charge on any atom is 0.264 e. The van der Waals surface area contributed by atoms with Gasteiger partial charge in [-0.2, -0.15) is 0 Å². The van der Waals surface area contributed by atoms with Crippen molar-refractivity contribution >= 4 is 39.1 Å². The Bertz CT molecular complexity index is 1410. The van der Waals surface area contributed by atoms with Gasteiger partial charge in [-0.15, -0.1) is 0 Å². The molecule has 0 saturated carbocycles. The molecule has 0 radical (unpaired) electrons. The van der Waals surface area contributed by atoms with Gasteiger partial charge < -0.3 is 10.2 Å². The Morgan fingerprint density at radius 3 is 2.30 bits per heavy atom. The molecule has 3 aromatic carbocycles. The number of hydrogen-bond donors (Lipinski definition) is 1. The van der Waals surface area contributed by atoms with E-state index >= 15 is 0 Å². The predicted octanol–water partition coefficient (Wildman–Crippen LogP) is 5.88. The molecule has 40 heavy (non-hydrogen) atoms. The quantitative estimate of drug-likeness (QED) is 0.255. The van der Waals surface area contributed by atoms with Crippen molar-refractivity contribution in [3.8, 4) is 0 Å². The Labute approximate surface area is 243 Å². The minimum Gasteiger partial charge on any atom is -0.354 e. The highest BCUT2D eigenvalue weighted by molar-refractivity contribution is 7.92. The second-order valence-corrected chi connectivity index (χ2v) is 12.1. The summed E-state index contributed by atoms with van der Waals surface area (Å²) in [5.74, 6) is -0.747. The number of rotatable bonds is 13. The number of unbranched alkanes of at least 4 members (excludes halogenated alkanes) is 1. The number of halogens is 1. The van der Waals surface area contributed by atoms with Gasteiger partial charge in [0.05, 0.1) is 10.6 Å². The normalized spacial score (nSPS) is 12.0. The summed E-state index contributed by atoms with van der Waals surface area (Å²) in [6.07, 6.45) is 2.12. The molecule has 3 aromatic rings. The van der Waals surface area contributed by atoms with Gasteiger partial charge in [0.15, 0.2) is 0 Å². The van der Waals surface area contributed by atoms with E-state index in [9.17, 15) is 18.0 Å². The van der Waals surface area contributed by atoms with E-state index in [2.05, 4.69) is 5.32 Å². The van der Waals surface area contributed by atoms with Gasteiger partial charge in [-0.3, -0.25) is 13.9 Å². The van der Waals surface area contributed by atoms with Crippen LogP contribution in [-0.4, -0.2) is 44.3 Å². The lowest BCUT2D eigenvalue weighted by Gasteiger charge is -2.33. The number of aryl methyl sites for hydroxylation is 2. The molecular formula is C31H38ClN3O4S. The first-order chi connectivity index (χ1) is 19.1. The number of benzene rings is 3. The summed E-state index contributed by atoms with van der Waals surface area (Å²) >= 11 is 6.38. The van der Waals surface area contributed by atoms with Crippen LogP contribution in [0, 0.1) is 13.8 Å². The SMILES string of the molecule is CCCCNC(=O)[C@H](CC)N(Cc1cccc(C)c1)C(=O)CN(c1ccc(C)c(Cl)c1)S(=O)(=O)c1ccccc1. The van der Waals surface area contributed by atoms with Crippen LogP contribution < -0.4 is 9.62 Å². The monoisotopic (exact) mass is 583 g/mol. The van der Waals surface area contributed by atoms with Gasteiger partial charge in [0.25, 0.3) is 10.0 Å².